The van der Waals surface area contributed by atoms with Crippen LogP contribution in [0, 0.1) is 0 Å². The summed E-state index contributed by atoms with van der Waals surface area (Å²) in [6.45, 7) is 0. The molecule has 0 aliphatic heterocycles. The predicted octanol–water partition coefficient (Wildman–Crippen LogP) is 1.42. The van der Waals surface area contributed by atoms with E-state index in [1.807, 2.05) is 0 Å². The number of nitrogens with zero attached hydrogens (tertiary/aromatic N) is 1. The van der Waals surface area contributed by atoms with Gasteiger partial charge < -0.3 is 10.0 Å². The second kappa shape index (κ2) is 5.53. The maximum Gasteiger partial charge on any atom is 0.328 e. The molecular weight excluding hydrogens is 194 g/mol. The van der Waals surface area contributed by atoms with Crippen molar-refractivity contribution >= 4 is 11.9 Å². The van der Waals surface area contributed by atoms with E-state index in [4.69, 9.17) is 5.11 Å². The first kappa shape index (κ1) is 11.8. The molecule has 1 aliphatic carbocycles. The number of carbonyl (C=O) groups excluding carboxylic acids is 1. The number of aliphatic carboxylic acids is 1. The Kier molecular flexibility index (Phi) is 4.34. The topological polar surface area (TPSA) is 57.6 Å². The minimum atomic E-state index is -1.08. The van der Waals surface area contributed by atoms with Gasteiger partial charge in [0.05, 0.1) is 0 Å². The zero-order valence-electron chi connectivity index (χ0n) is 8.98. The van der Waals surface area contributed by atoms with Crippen LogP contribution in [-0.4, -0.2) is 35.0 Å². The molecule has 0 unspecified atom stereocenters. The lowest BCUT2D eigenvalue weighted by Gasteiger charge is -2.30. The van der Waals surface area contributed by atoms with Crippen molar-refractivity contribution in [2.24, 2.45) is 0 Å². The third-order valence-electron chi connectivity index (χ3n) is 2.84. The first-order valence-electron chi connectivity index (χ1n) is 5.29. The lowest BCUT2D eigenvalue weighted by Crippen LogP contribution is -2.37. The van der Waals surface area contributed by atoms with Crippen LogP contribution in [0.15, 0.2) is 12.2 Å². The maximum atomic E-state index is 11.5. The fraction of sp³-hybridized carbons (Fsp3) is 0.636. The van der Waals surface area contributed by atoms with Crippen LogP contribution in [0.5, 0.6) is 0 Å². The van der Waals surface area contributed by atoms with Crippen LogP contribution >= 0.6 is 0 Å². The summed E-state index contributed by atoms with van der Waals surface area (Å²) in [6.07, 6.45) is 7.63. The Morgan fingerprint density at radius 3 is 2.33 bits per heavy atom. The average molecular weight is 211 g/mol. The van der Waals surface area contributed by atoms with E-state index in [2.05, 4.69) is 0 Å². The van der Waals surface area contributed by atoms with Gasteiger partial charge in [0.2, 0.25) is 5.91 Å². The number of hydrogen-bond donors (Lipinski definition) is 1. The minimum Gasteiger partial charge on any atom is -0.478 e. The molecule has 0 aromatic rings. The normalized spacial score (nSPS) is 17.9. The number of carbonyl (C=O) groups is 2. The van der Waals surface area contributed by atoms with Crippen LogP contribution in [0.4, 0.5) is 0 Å². The lowest BCUT2D eigenvalue weighted by atomic mass is 9.94. The van der Waals surface area contributed by atoms with Crippen LogP contribution < -0.4 is 0 Å². The van der Waals surface area contributed by atoms with Gasteiger partial charge in [-0.3, -0.25) is 4.79 Å². The fourth-order valence-electron chi connectivity index (χ4n) is 1.91. The van der Waals surface area contributed by atoms with Crippen molar-refractivity contribution in [3.63, 3.8) is 0 Å². The molecule has 1 saturated carbocycles. The molecule has 0 heterocycles. The summed E-state index contributed by atoms with van der Waals surface area (Å²) in [4.78, 5) is 23.4. The van der Waals surface area contributed by atoms with E-state index < -0.39 is 5.97 Å². The highest BCUT2D eigenvalue weighted by Gasteiger charge is 2.20. The zero-order chi connectivity index (χ0) is 11.3. The highest BCUT2D eigenvalue weighted by molar-refractivity contribution is 5.93. The van der Waals surface area contributed by atoms with Gasteiger partial charge in [0.25, 0.3) is 0 Å². The summed E-state index contributed by atoms with van der Waals surface area (Å²) in [5.41, 5.74) is 0. The van der Waals surface area contributed by atoms with Gasteiger partial charge >= 0.3 is 5.97 Å². The zero-order valence-corrected chi connectivity index (χ0v) is 8.98. The van der Waals surface area contributed by atoms with E-state index in [0.29, 0.717) is 0 Å². The SMILES string of the molecule is CN(C(=O)/C=C\C(=O)O)C1CCCCC1. The van der Waals surface area contributed by atoms with E-state index in [1.165, 1.54) is 6.42 Å². The number of carboxylic acid groups (broad SMARTS) is 1. The van der Waals surface area contributed by atoms with Crippen molar-refractivity contribution in [1.82, 2.24) is 4.90 Å². The van der Waals surface area contributed by atoms with Crippen LogP contribution in [0.3, 0.4) is 0 Å². The molecule has 0 aromatic heterocycles. The highest BCUT2D eigenvalue weighted by atomic mass is 16.4. The van der Waals surface area contributed by atoms with Crippen molar-refractivity contribution in [3.8, 4) is 0 Å². The van der Waals surface area contributed by atoms with Gasteiger partial charge in [0.1, 0.15) is 0 Å². The summed E-state index contributed by atoms with van der Waals surface area (Å²) in [7, 11) is 1.74. The van der Waals surface area contributed by atoms with Crippen molar-refractivity contribution in [1.29, 1.82) is 0 Å². The number of rotatable bonds is 3. The van der Waals surface area contributed by atoms with E-state index in [0.717, 1.165) is 37.8 Å². The quantitative estimate of drug-likeness (QED) is 0.718. The molecule has 1 rings (SSSR count). The number of carboxylic acids is 1. The molecule has 4 heteroatoms. The van der Waals surface area contributed by atoms with Gasteiger partial charge in [-0.15, -0.1) is 0 Å². The van der Waals surface area contributed by atoms with Crippen LogP contribution in [-0.2, 0) is 9.59 Å². The monoisotopic (exact) mass is 211 g/mol. The van der Waals surface area contributed by atoms with Crippen molar-refractivity contribution in [2.45, 2.75) is 38.1 Å². The molecule has 15 heavy (non-hydrogen) atoms. The van der Waals surface area contributed by atoms with E-state index in [1.54, 1.807) is 11.9 Å². The van der Waals surface area contributed by atoms with Gasteiger partial charge in [0.15, 0.2) is 0 Å². The molecule has 0 atom stereocenters. The number of amides is 1. The van der Waals surface area contributed by atoms with Gasteiger partial charge in [0, 0.05) is 25.2 Å². The fourth-order valence-corrected chi connectivity index (χ4v) is 1.91. The summed E-state index contributed by atoms with van der Waals surface area (Å²) < 4.78 is 0. The summed E-state index contributed by atoms with van der Waals surface area (Å²) in [5.74, 6) is -1.30. The van der Waals surface area contributed by atoms with E-state index >= 15 is 0 Å². The van der Waals surface area contributed by atoms with Crippen LogP contribution in [0.1, 0.15) is 32.1 Å². The predicted molar refractivity (Wildman–Crippen MR) is 56.4 cm³/mol. The minimum absolute atomic E-state index is 0.218. The molecule has 1 aliphatic rings. The maximum absolute atomic E-state index is 11.5. The number of likely N-dealkylation sites (N-methyl/N-ethyl adjacent to an activating group) is 1. The molecule has 0 aromatic carbocycles. The Morgan fingerprint density at radius 1 is 1.20 bits per heavy atom. The van der Waals surface area contributed by atoms with Crippen molar-refractivity contribution < 1.29 is 14.7 Å². The third-order valence-corrected chi connectivity index (χ3v) is 2.84. The Labute approximate surface area is 89.6 Å². The first-order valence-corrected chi connectivity index (χ1v) is 5.29. The molecule has 0 bridgehead atoms. The first-order chi connectivity index (χ1) is 7.11. The van der Waals surface area contributed by atoms with Crippen LogP contribution in [0.2, 0.25) is 0 Å². The Bertz CT molecular complexity index is 267. The Balaban J connectivity index is 2.47. The van der Waals surface area contributed by atoms with Crippen molar-refractivity contribution in [3.05, 3.63) is 12.2 Å². The summed E-state index contributed by atoms with van der Waals surface area (Å²) in [6, 6.07) is 0.282. The second-order valence-electron chi connectivity index (χ2n) is 3.91. The average Bonchev–Trinajstić information content (AvgIpc) is 2.26. The molecule has 4 nitrogen and oxygen atoms in total. The standard InChI is InChI=1S/C11H17NO3/c1-12(9-5-3-2-4-6-9)10(13)7-8-11(14)15/h7-9H,2-6H2,1H3,(H,14,15)/b8-7-. The van der Waals surface area contributed by atoms with E-state index in [9.17, 15) is 9.59 Å². The molecule has 1 fully saturated rings. The van der Waals surface area contributed by atoms with Gasteiger partial charge in [-0.05, 0) is 12.8 Å². The highest BCUT2D eigenvalue weighted by Crippen LogP contribution is 2.21. The van der Waals surface area contributed by atoms with Crippen molar-refractivity contribution in [2.75, 3.05) is 7.05 Å². The van der Waals surface area contributed by atoms with Crippen LogP contribution in [0.25, 0.3) is 0 Å². The lowest BCUT2D eigenvalue weighted by molar-refractivity contribution is -0.132. The summed E-state index contributed by atoms with van der Waals surface area (Å²) in [5, 5.41) is 8.40. The molecular formula is C11H17NO3. The molecule has 84 valence electrons. The van der Waals surface area contributed by atoms with Gasteiger partial charge in [-0.1, -0.05) is 19.3 Å². The molecule has 0 spiro atoms. The Morgan fingerprint density at radius 2 is 1.80 bits per heavy atom. The number of hydrogen-bond acceptors (Lipinski definition) is 2. The van der Waals surface area contributed by atoms with Gasteiger partial charge in [-0.25, -0.2) is 4.79 Å². The third kappa shape index (κ3) is 3.73. The molecule has 0 radical (unpaired) electrons. The molecule has 1 amide bonds. The largest absolute Gasteiger partial charge is 0.478 e. The smallest absolute Gasteiger partial charge is 0.328 e. The summed E-state index contributed by atoms with van der Waals surface area (Å²) >= 11 is 0. The van der Waals surface area contributed by atoms with Gasteiger partial charge in [-0.2, -0.15) is 0 Å². The van der Waals surface area contributed by atoms with E-state index in [-0.39, 0.29) is 11.9 Å². The Hall–Kier alpha value is -1.32. The molecule has 0 saturated heterocycles. The molecule has 1 N–H and O–H groups in total. The second-order valence-corrected chi connectivity index (χ2v) is 3.91.